The minimum absolute atomic E-state index is 0.0178. The largest absolute Gasteiger partial charge is 0.343 e. The lowest BCUT2D eigenvalue weighted by Crippen LogP contribution is -2.48. The van der Waals surface area contributed by atoms with Crippen molar-refractivity contribution in [3.63, 3.8) is 0 Å². The summed E-state index contributed by atoms with van der Waals surface area (Å²) in [6, 6.07) is 3.90. The fourth-order valence-corrected chi connectivity index (χ4v) is 1.15. The van der Waals surface area contributed by atoms with Gasteiger partial charge in [0.2, 0.25) is 0 Å². The van der Waals surface area contributed by atoms with E-state index in [1.54, 1.807) is 6.20 Å². The molecule has 1 aromatic rings. The van der Waals surface area contributed by atoms with E-state index >= 15 is 0 Å². The highest BCUT2D eigenvalue weighted by Gasteiger charge is 2.17. The highest BCUT2D eigenvalue weighted by Crippen LogP contribution is 2.10. The lowest BCUT2D eigenvalue weighted by atomic mass is 10.4. The maximum absolute atomic E-state index is 4.04. The number of hydrogen-bond donors (Lipinski definition) is 4. The molecule has 4 N–H and O–H groups in total. The van der Waals surface area contributed by atoms with E-state index in [0.717, 1.165) is 5.69 Å². The van der Waals surface area contributed by atoms with E-state index < -0.39 is 0 Å². The molecule has 1 aliphatic heterocycles. The molecule has 0 radical (unpaired) electrons. The van der Waals surface area contributed by atoms with Crippen molar-refractivity contribution < 1.29 is 0 Å². The fourth-order valence-electron chi connectivity index (χ4n) is 1.15. The first-order valence-corrected chi connectivity index (χ1v) is 4.02. The number of rotatable bonds is 2. The van der Waals surface area contributed by atoms with Crippen molar-refractivity contribution in [2.75, 3.05) is 11.9 Å². The van der Waals surface area contributed by atoms with Crippen LogP contribution in [0.15, 0.2) is 24.5 Å². The Bertz CT molecular complexity index is 257. The summed E-state index contributed by atoms with van der Waals surface area (Å²) in [5, 5.41) is 0. The summed E-state index contributed by atoms with van der Waals surface area (Å²) in [6.45, 7) is 0. The van der Waals surface area contributed by atoms with Gasteiger partial charge in [-0.3, -0.25) is 4.98 Å². The number of anilines is 1. The summed E-state index contributed by atoms with van der Waals surface area (Å²) in [5.74, 6) is 0. The summed E-state index contributed by atoms with van der Waals surface area (Å²) in [6.07, 6.45) is 3.58. The van der Waals surface area contributed by atoms with Crippen LogP contribution >= 0.6 is 0 Å². The van der Waals surface area contributed by atoms with Gasteiger partial charge in [-0.2, -0.15) is 11.1 Å². The van der Waals surface area contributed by atoms with Crippen LogP contribution in [0.1, 0.15) is 0 Å². The van der Waals surface area contributed by atoms with Crippen LogP contribution in [0.5, 0.6) is 0 Å². The van der Waals surface area contributed by atoms with Crippen molar-refractivity contribution in [1.82, 2.24) is 26.9 Å². The molecular formula is C7H12N6. The van der Waals surface area contributed by atoms with Crippen molar-refractivity contribution in [3.8, 4) is 0 Å². The number of nitrogens with one attached hydrogen (secondary N) is 4. The fraction of sp³-hybridized carbons (Fsp3) is 0.286. The number of pyridine rings is 1. The zero-order valence-electron chi connectivity index (χ0n) is 7.28. The van der Waals surface area contributed by atoms with Crippen LogP contribution in [0.2, 0.25) is 0 Å². The third-order valence-corrected chi connectivity index (χ3v) is 1.92. The van der Waals surface area contributed by atoms with Crippen LogP contribution in [-0.2, 0) is 0 Å². The van der Waals surface area contributed by atoms with Gasteiger partial charge < -0.3 is 4.90 Å². The molecule has 1 fully saturated rings. The van der Waals surface area contributed by atoms with Gasteiger partial charge in [0.15, 0.2) is 6.29 Å². The van der Waals surface area contributed by atoms with Gasteiger partial charge in [0.05, 0.1) is 11.9 Å². The number of nitrogens with zero attached hydrogens (tertiary/aromatic N) is 2. The van der Waals surface area contributed by atoms with Gasteiger partial charge in [0.1, 0.15) is 0 Å². The highest BCUT2D eigenvalue weighted by atomic mass is 15.9. The molecule has 0 atom stereocenters. The molecular weight excluding hydrogens is 168 g/mol. The summed E-state index contributed by atoms with van der Waals surface area (Å²) >= 11 is 0. The highest BCUT2D eigenvalue weighted by molar-refractivity contribution is 5.43. The quantitative estimate of drug-likeness (QED) is 0.464. The van der Waals surface area contributed by atoms with E-state index in [-0.39, 0.29) is 6.29 Å². The summed E-state index contributed by atoms with van der Waals surface area (Å²) in [7, 11) is 1.97. The van der Waals surface area contributed by atoms with Crippen LogP contribution in [0.25, 0.3) is 0 Å². The number of hydrogen-bond acceptors (Lipinski definition) is 6. The van der Waals surface area contributed by atoms with E-state index in [1.807, 2.05) is 30.3 Å². The van der Waals surface area contributed by atoms with Gasteiger partial charge >= 0.3 is 0 Å². The number of hydrazine groups is 3. The number of aromatic nitrogens is 1. The molecule has 0 aliphatic carbocycles. The molecule has 0 aromatic carbocycles. The minimum Gasteiger partial charge on any atom is -0.343 e. The van der Waals surface area contributed by atoms with Gasteiger partial charge in [-0.1, -0.05) is 0 Å². The molecule has 0 amide bonds. The van der Waals surface area contributed by atoms with Crippen LogP contribution in [0.3, 0.4) is 0 Å². The normalized spacial score (nSPS) is 17.6. The molecule has 0 spiro atoms. The molecule has 6 heteroatoms. The van der Waals surface area contributed by atoms with Gasteiger partial charge in [-0.25, -0.2) is 10.9 Å². The Morgan fingerprint density at radius 3 is 2.77 bits per heavy atom. The molecule has 1 saturated heterocycles. The standard InChI is InChI=1S/C7H12N6/c1-13(7-9-11-12-10-7)6-3-2-4-8-5-6/h2-5,7,9-12H,1H3. The molecule has 70 valence electrons. The summed E-state index contributed by atoms with van der Waals surface area (Å²) in [5.41, 5.74) is 12.5. The van der Waals surface area contributed by atoms with Gasteiger partial charge in [-0.15, -0.1) is 0 Å². The Balaban J connectivity index is 2.08. The first kappa shape index (κ1) is 8.39. The van der Waals surface area contributed by atoms with Crippen LogP contribution in [-0.4, -0.2) is 18.3 Å². The van der Waals surface area contributed by atoms with E-state index in [4.69, 9.17) is 0 Å². The van der Waals surface area contributed by atoms with E-state index in [1.165, 1.54) is 0 Å². The van der Waals surface area contributed by atoms with E-state index in [9.17, 15) is 0 Å². The van der Waals surface area contributed by atoms with Crippen molar-refractivity contribution in [1.29, 1.82) is 0 Å². The molecule has 0 unspecified atom stereocenters. The predicted octanol–water partition coefficient (Wildman–Crippen LogP) is -1.08. The molecule has 1 aliphatic rings. The van der Waals surface area contributed by atoms with Crippen LogP contribution in [0, 0.1) is 0 Å². The molecule has 0 bridgehead atoms. The topological polar surface area (TPSA) is 64.2 Å². The maximum atomic E-state index is 4.04. The molecule has 2 rings (SSSR count). The molecule has 13 heavy (non-hydrogen) atoms. The van der Waals surface area contributed by atoms with Crippen LogP contribution in [0.4, 0.5) is 5.69 Å². The average molecular weight is 180 g/mol. The Hall–Kier alpha value is -1.21. The lowest BCUT2D eigenvalue weighted by molar-refractivity contribution is 0.516. The van der Waals surface area contributed by atoms with Gasteiger partial charge in [0, 0.05) is 13.2 Å². The lowest BCUT2D eigenvalue weighted by Gasteiger charge is -2.24. The zero-order valence-corrected chi connectivity index (χ0v) is 7.28. The third kappa shape index (κ3) is 1.76. The second kappa shape index (κ2) is 3.67. The first-order chi connectivity index (χ1) is 6.38. The Morgan fingerprint density at radius 1 is 1.38 bits per heavy atom. The molecule has 2 heterocycles. The Labute approximate surface area is 76.2 Å². The molecule has 0 saturated carbocycles. The predicted molar refractivity (Wildman–Crippen MR) is 49.0 cm³/mol. The van der Waals surface area contributed by atoms with Crippen molar-refractivity contribution in [2.24, 2.45) is 0 Å². The summed E-state index contributed by atoms with van der Waals surface area (Å²) in [4.78, 5) is 6.05. The van der Waals surface area contributed by atoms with Crippen LogP contribution < -0.4 is 26.8 Å². The van der Waals surface area contributed by atoms with Crippen molar-refractivity contribution in [3.05, 3.63) is 24.5 Å². The first-order valence-electron chi connectivity index (χ1n) is 4.02. The molecule has 1 aromatic heterocycles. The summed E-state index contributed by atoms with van der Waals surface area (Å²) < 4.78 is 0. The smallest absolute Gasteiger partial charge is 0.162 e. The second-order valence-corrected chi connectivity index (χ2v) is 2.76. The van der Waals surface area contributed by atoms with Crippen molar-refractivity contribution in [2.45, 2.75) is 6.29 Å². The monoisotopic (exact) mass is 180 g/mol. The Kier molecular flexibility index (Phi) is 2.37. The maximum Gasteiger partial charge on any atom is 0.162 e. The minimum atomic E-state index is 0.0178. The second-order valence-electron chi connectivity index (χ2n) is 2.76. The average Bonchev–Trinajstić information content (AvgIpc) is 2.71. The van der Waals surface area contributed by atoms with Gasteiger partial charge in [0.25, 0.3) is 0 Å². The van der Waals surface area contributed by atoms with Gasteiger partial charge in [-0.05, 0) is 12.1 Å². The third-order valence-electron chi connectivity index (χ3n) is 1.92. The van der Waals surface area contributed by atoms with E-state index in [2.05, 4.69) is 26.9 Å². The zero-order chi connectivity index (χ0) is 9.10. The molecule has 6 nitrogen and oxygen atoms in total. The Morgan fingerprint density at radius 2 is 2.15 bits per heavy atom. The van der Waals surface area contributed by atoms with E-state index in [0.29, 0.717) is 0 Å². The SMILES string of the molecule is CN(c1cccnc1)C1NNNN1. The van der Waals surface area contributed by atoms with Crippen molar-refractivity contribution >= 4 is 5.69 Å².